The third kappa shape index (κ3) is 4.84. The van der Waals surface area contributed by atoms with Crippen LogP contribution in [0, 0.1) is 11.6 Å². The molecule has 138 valence electrons. The molecule has 26 heavy (non-hydrogen) atoms. The molecule has 1 heterocycles. The van der Waals surface area contributed by atoms with E-state index in [-0.39, 0.29) is 23.0 Å². The van der Waals surface area contributed by atoms with Crippen LogP contribution in [0.3, 0.4) is 0 Å². The zero-order valence-electron chi connectivity index (χ0n) is 14.8. The summed E-state index contributed by atoms with van der Waals surface area (Å²) in [5, 5.41) is 2.33. The van der Waals surface area contributed by atoms with E-state index in [9.17, 15) is 18.4 Å². The number of benzene rings is 1. The molecule has 0 saturated heterocycles. The van der Waals surface area contributed by atoms with E-state index in [1.165, 1.54) is 12.1 Å². The Morgan fingerprint density at radius 2 is 1.69 bits per heavy atom. The van der Waals surface area contributed by atoms with E-state index >= 15 is 0 Å². The lowest BCUT2D eigenvalue weighted by molar-refractivity contribution is 0.0749. The number of anilines is 1. The summed E-state index contributed by atoms with van der Waals surface area (Å²) in [6.45, 7) is 5.16. The summed E-state index contributed by atoms with van der Waals surface area (Å²) >= 11 is 0. The molecule has 0 atom stereocenters. The summed E-state index contributed by atoms with van der Waals surface area (Å²) in [6, 6.07) is 7.36. The van der Waals surface area contributed by atoms with Gasteiger partial charge in [0.1, 0.15) is 23.0 Å². The second kappa shape index (κ2) is 9.03. The van der Waals surface area contributed by atoms with Crippen LogP contribution in [-0.2, 0) is 0 Å². The first-order chi connectivity index (χ1) is 12.5. The summed E-state index contributed by atoms with van der Waals surface area (Å²) in [4.78, 5) is 30.7. The van der Waals surface area contributed by atoms with Crippen LogP contribution in [0.15, 0.2) is 36.4 Å². The molecular formula is C19H21F2N3O2. The Morgan fingerprint density at radius 3 is 2.31 bits per heavy atom. The molecule has 7 heteroatoms. The molecule has 0 aliphatic carbocycles. The van der Waals surface area contributed by atoms with Crippen molar-refractivity contribution in [1.29, 1.82) is 0 Å². The quantitative estimate of drug-likeness (QED) is 0.814. The van der Waals surface area contributed by atoms with Crippen LogP contribution < -0.4 is 5.32 Å². The molecule has 5 nitrogen and oxygen atoms in total. The number of carbonyl (C=O) groups excluding carboxylic acids is 2. The maximum Gasteiger partial charge on any atom is 0.274 e. The molecule has 0 unspecified atom stereocenters. The first-order valence-electron chi connectivity index (χ1n) is 8.49. The molecule has 0 bridgehead atoms. The minimum Gasteiger partial charge on any atom is -0.337 e. The zero-order valence-corrected chi connectivity index (χ0v) is 14.8. The minimum absolute atomic E-state index is 0.0208. The topological polar surface area (TPSA) is 62.3 Å². The molecule has 1 aromatic carbocycles. The van der Waals surface area contributed by atoms with E-state index in [0.717, 1.165) is 25.0 Å². The van der Waals surface area contributed by atoms with Gasteiger partial charge in [-0.2, -0.15) is 0 Å². The molecule has 0 radical (unpaired) electrons. The molecule has 2 rings (SSSR count). The monoisotopic (exact) mass is 361 g/mol. The van der Waals surface area contributed by atoms with Crippen LogP contribution in [0.4, 0.5) is 14.5 Å². The largest absolute Gasteiger partial charge is 0.337 e. The number of nitrogens with zero attached hydrogens (tertiary/aromatic N) is 2. The number of rotatable bonds is 7. The summed E-state index contributed by atoms with van der Waals surface area (Å²) in [6.07, 6.45) is 1.63. The third-order valence-corrected chi connectivity index (χ3v) is 3.65. The summed E-state index contributed by atoms with van der Waals surface area (Å²) in [7, 11) is 0. The van der Waals surface area contributed by atoms with Crippen LogP contribution in [0.25, 0.3) is 0 Å². The average molecular weight is 361 g/mol. The predicted molar refractivity (Wildman–Crippen MR) is 95.0 cm³/mol. The van der Waals surface area contributed by atoms with E-state index < -0.39 is 17.5 Å². The Labute approximate surface area is 151 Å². The van der Waals surface area contributed by atoms with Gasteiger partial charge in [0.05, 0.1) is 5.69 Å². The lowest BCUT2D eigenvalue weighted by atomic mass is 10.2. The van der Waals surface area contributed by atoms with Crippen molar-refractivity contribution >= 4 is 17.5 Å². The van der Waals surface area contributed by atoms with E-state index in [0.29, 0.717) is 19.2 Å². The number of pyridine rings is 1. The molecule has 0 spiro atoms. The van der Waals surface area contributed by atoms with Crippen LogP contribution >= 0.6 is 0 Å². The van der Waals surface area contributed by atoms with Crippen molar-refractivity contribution in [2.75, 3.05) is 18.4 Å². The van der Waals surface area contributed by atoms with Gasteiger partial charge in [-0.25, -0.2) is 13.8 Å². The van der Waals surface area contributed by atoms with E-state index in [1.807, 2.05) is 13.8 Å². The number of hydrogen-bond donors (Lipinski definition) is 1. The second-order valence-corrected chi connectivity index (χ2v) is 5.78. The van der Waals surface area contributed by atoms with Gasteiger partial charge in [0.25, 0.3) is 11.8 Å². The number of nitrogens with one attached hydrogen (secondary N) is 1. The smallest absolute Gasteiger partial charge is 0.274 e. The number of carbonyl (C=O) groups is 2. The van der Waals surface area contributed by atoms with Crippen LogP contribution in [-0.4, -0.2) is 34.8 Å². The fraction of sp³-hybridized carbons (Fsp3) is 0.316. The Kier molecular flexibility index (Phi) is 6.77. The number of hydrogen-bond acceptors (Lipinski definition) is 3. The van der Waals surface area contributed by atoms with Gasteiger partial charge < -0.3 is 10.2 Å². The fourth-order valence-electron chi connectivity index (χ4n) is 2.47. The highest BCUT2D eigenvalue weighted by Gasteiger charge is 2.18. The van der Waals surface area contributed by atoms with Gasteiger partial charge in [-0.05, 0) is 37.1 Å². The SMILES string of the molecule is CCCN(CCC)C(=O)c1cccc(C(=O)Nc2ccc(F)cc2F)n1. The van der Waals surface area contributed by atoms with Gasteiger partial charge in [0, 0.05) is 19.2 Å². The van der Waals surface area contributed by atoms with Crippen molar-refractivity contribution < 1.29 is 18.4 Å². The van der Waals surface area contributed by atoms with E-state index in [1.54, 1.807) is 11.0 Å². The first-order valence-corrected chi connectivity index (χ1v) is 8.49. The number of aromatic nitrogens is 1. The van der Waals surface area contributed by atoms with Gasteiger partial charge >= 0.3 is 0 Å². The Morgan fingerprint density at radius 1 is 1.04 bits per heavy atom. The summed E-state index contributed by atoms with van der Waals surface area (Å²) < 4.78 is 26.6. The standard InChI is InChI=1S/C19H21F2N3O2/c1-3-10-24(11-4-2)19(26)17-7-5-6-16(22-17)18(25)23-15-9-8-13(20)12-14(15)21/h5-9,12H,3-4,10-11H2,1-2H3,(H,23,25). The van der Waals surface area contributed by atoms with Crippen molar-refractivity contribution in [2.45, 2.75) is 26.7 Å². The molecule has 0 saturated carbocycles. The van der Waals surface area contributed by atoms with Gasteiger partial charge in [-0.3, -0.25) is 9.59 Å². The number of amides is 2. The normalized spacial score (nSPS) is 10.5. The van der Waals surface area contributed by atoms with Crippen molar-refractivity contribution in [3.63, 3.8) is 0 Å². The van der Waals surface area contributed by atoms with E-state index in [2.05, 4.69) is 10.3 Å². The second-order valence-electron chi connectivity index (χ2n) is 5.78. The van der Waals surface area contributed by atoms with Crippen molar-refractivity contribution in [3.8, 4) is 0 Å². The summed E-state index contributed by atoms with van der Waals surface area (Å²) in [5.74, 6) is -2.56. The molecule has 0 fully saturated rings. The average Bonchev–Trinajstić information content (AvgIpc) is 2.63. The van der Waals surface area contributed by atoms with Crippen LogP contribution in [0.1, 0.15) is 47.7 Å². The Bertz CT molecular complexity index is 790. The lowest BCUT2D eigenvalue weighted by Crippen LogP contribution is -2.33. The zero-order chi connectivity index (χ0) is 19.1. The molecule has 1 N–H and O–H groups in total. The highest BCUT2D eigenvalue weighted by atomic mass is 19.1. The highest BCUT2D eigenvalue weighted by molar-refractivity contribution is 6.03. The molecule has 2 amide bonds. The number of halogens is 2. The first kappa shape index (κ1) is 19.5. The van der Waals surface area contributed by atoms with Gasteiger partial charge in [0.2, 0.25) is 0 Å². The van der Waals surface area contributed by atoms with Gasteiger partial charge in [0.15, 0.2) is 0 Å². The third-order valence-electron chi connectivity index (χ3n) is 3.65. The highest BCUT2D eigenvalue weighted by Crippen LogP contribution is 2.16. The fourth-order valence-corrected chi connectivity index (χ4v) is 2.47. The molecule has 2 aromatic rings. The maximum absolute atomic E-state index is 13.7. The molecule has 0 aliphatic heterocycles. The van der Waals surface area contributed by atoms with Crippen molar-refractivity contribution in [1.82, 2.24) is 9.88 Å². The van der Waals surface area contributed by atoms with Crippen LogP contribution in [0.2, 0.25) is 0 Å². The van der Waals surface area contributed by atoms with Crippen LogP contribution in [0.5, 0.6) is 0 Å². The van der Waals surface area contributed by atoms with Gasteiger partial charge in [-0.1, -0.05) is 19.9 Å². The predicted octanol–water partition coefficient (Wildman–Crippen LogP) is 3.87. The summed E-state index contributed by atoms with van der Waals surface area (Å²) in [5.41, 5.74) is -0.0276. The minimum atomic E-state index is -0.886. The maximum atomic E-state index is 13.7. The lowest BCUT2D eigenvalue weighted by Gasteiger charge is -2.21. The van der Waals surface area contributed by atoms with Crippen molar-refractivity contribution in [2.24, 2.45) is 0 Å². The Balaban J connectivity index is 2.19. The van der Waals surface area contributed by atoms with E-state index in [4.69, 9.17) is 0 Å². The molecule has 1 aromatic heterocycles. The van der Waals surface area contributed by atoms with Gasteiger partial charge in [-0.15, -0.1) is 0 Å². The van der Waals surface area contributed by atoms with Crippen molar-refractivity contribution in [3.05, 3.63) is 59.4 Å². The Hall–Kier alpha value is -2.83. The molecular weight excluding hydrogens is 340 g/mol. The molecule has 0 aliphatic rings.